The summed E-state index contributed by atoms with van der Waals surface area (Å²) in [4.78, 5) is 23.0. The summed E-state index contributed by atoms with van der Waals surface area (Å²) in [5, 5.41) is 22.5. The van der Waals surface area contributed by atoms with Crippen molar-refractivity contribution in [3.05, 3.63) is 129 Å². The van der Waals surface area contributed by atoms with E-state index in [0.717, 1.165) is 27.8 Å². The Kier molecular flexibility index (Phi) is 7.10. The molecular weight excluding hydrogens is 459 g/mol. The molecule has 1 heterocycles. The van der Waals surface area contributed by atoms with Gasteiger partial charge in [0.2, 0.25) is 5.56 Å². The van der Waals surface area contributed by atoms with Gasteiger partial charge in [0.15, 0.2) is 0 Å². The molecule has 3 aromatic carbocycles. The fraction of sp³-hybridized carbons (Fsp3) is 0.138. The first kappa shape index (κ1) is 24.6. The van der Waals surface area contributed by atoms with Crippen molar-refractivity contribution in [2.45, 2.75) is 19.3 Å². The molecule has 182 valence electrons. The third-order valence-electron chi connectivity index (χ3n) is 6.32. The van der Waals surface area contributed by atoms with Crippen LogP contribution in [0.4, 0.5) is 4.39 Å². The number of aryl methyl sites for hydroxylation is 2. The van der Waals surface area contributed by atoms with Crippen LogP contribution in [0.15, 0.2) is 95.0 Å². The Bertz CT molecular complexity index is 1490. The molecule has 0 aliphatic rings. The van der Waals surface area contributed by atoms with Gasteiger partial charge in [-0.2, -0.15) is 0 Å². The summed E-state index contributed by atoms with van der Waals surface area (Å²) in [6.07, 6.45) is 1.93. The van der Waals surface area contributed by atoms with Crippen LogP contribution in [0.2, 0.25) is 0 Å². The van der Waals surface area contributed by atoms with E-state index in [1.54, 1.807) is 49.6 Å². The van der Waals surface area contributed by atoms with Crippen molar-refractivity contribution in [3.8, 4) is 11.1 Å². The van der Waals surface area contributed by atoms with E-state index in [-0.39, 0.29) is 22.9 Å². The predicted molar refractivity (Wildman–Crippen MR) is 136 cm³/mol. The van der Waals surface area contributed by atoms with Crippen molar-refractivity contribution >= 4 is 11.7 Å². The van der Waals surface area contributed by atoms with Crippen molar-refractivity contribution in [2.75, 3.05) is 0 Å². The highest BCUT2D eigenvalue weighted by Crippen LogP contribution is 2.33. The molecule has 1 unspecified atom stereocenters. The lowest BCUT2D eigenvalue weighted by Crippen LogP contribution is -2.18. The van der Waals surface area contributed by atoms with Gasteiger partial charge in [0.1, 0.15) is 5.82 Å². The van der Waals surface area contributed by atoms with Crippen LogP contribution in [0.1, 0.15) is 45.0 Å². The van der Waals surface area contributed by atoms with Gasteiger partial charge in [-0.05, 0) is 65.1 Å². The van der Waals surface area contributed by atoms with Gasteiger partial charge in [-0.1, -0.05) is 47.6 Å². The molecule has 2 N–H and O–H groups in total. The Balaban J connectivity index is 1.72. The van der Waals surface area contributed by atoms with Crippen LogP contribution in [0, 0.1) is 12.7 Å². The van der Waals surface area contributed by atoms with Crippen LogP contribution in [0.5, 0.6) is 0 Å². The van der Waals surface area contributed by atoms with Gasteiger partial charge < -0.3 is 14.9 Å². The van der Waals surface area contributed by atoms with Gasteiger partial charge in [0.05, 0.1) is 11.3 Å². The average Bonchev–Trinajstić information content (AvgIpc) is 2.87. The standard InChI is InChI=1S/C29H25FN2O4/c1-18-15-24(30)12-13-25(18)26(16-27(31-36)23-11-14-28(33)32(2)17-23)21-7-3-19(4-8-21)20-5-9-22(10-6-20)29(34)35/h3-15,17,26,36H,16H2,1-2H3,(H,34,35)/b31-27+. The van der Waals surface area contributed by atoms with E-state index in [0.29, 0.717) is 17.7 Å². The first-order valence-corrected chi connectivity index (χ1v) is 11.3. The lowest BCUT2D eigenvalue weighted by molar-refractivity contribution is 0.0697. The molecule has 1 atom stereocenters. The highest BCUT2D eigenvalue weighted by atomic mass is 19.1. The number of benzene rings is 3. The van der Waals surface area contributed by atoms with Gasteiger partial charge >= 0.3 is 5.97 Å². The number of carboxylic acid groups (broad SMARTS) is 1. The zero-order chi connectivity index (χ0) is 25.8. The van der Waals surface area contributed by atoms with Crippen molar-refractivity contribution in [1.82, 2.24) is 4.57 Å². The van der Waals surface area contributed by atoms with E-state index in [4.69, 9.17) is 5.11 Å². The van der Waals surface area contributed by atoms with E-state index in [1.165, 1.54) is 22.8 Å². The molecule has 0 bridgehead atoms. The fourth-order valence-electron chi connectivity index (χ4n) is 4.32. The zero-order valence-corrected chi connectivity index (χ0v) is 19.9. The van der Waals surface area contributed by atoms with Crippen molar-refractivity contribution in [3.63, 3.8) is 0 Å². The number of hydrogen-bond donors (Lipinski definition) is 2. The number of carboxylic acids is 1. The second-order valence-corrected chi connectivity index (χ2v) is 8.68. The lowest BCUT2D eigenvalue weighted by Gasteiger charge is -2.21. The summed E-state index contributed by atoms with van der Waals surface area (Å²) in [5.41, 5.74) is 5.44. The summed E-state index contributed by atoms with van der Waals surface area (Å²) in [7, 11) is 1.63. The highest BCUT2D eigenvalue weighted by Gasteiger charge is 2.21. The molecular formula is C29H25FN2O4. The summed E-state index contributed by atoms with van der Waals surface area (Å²) in [6.45, 7) is 1.84. The number of halogens is 1. The number of pyridine rings is 1. The van der Waals surface area contributed by atoms with Crippen LogP contribution in [-0.2, 0) is 7.05 Å². The summed E-state index contributed by atoms with van der Waals surface area (Å²) in [5.74, 6) is -1.56. The lowest BCUT2D eigenvalue weighted by atomic mass is 9.83. The molecule has 0 amide bonds. The maximum Gasteiger partial charge on any atom is 0.335 e. The van der Waals surface area contributed by atoms with Gasteiger partial charge in [-0.3, -0.25) is 4.79 Å². The second kappa shape index (κ2) is 10.4. The molecule has 6 nitrogen and oxygen atoms in total. The molecule has 7 heteroatoms. The molecule has 4 rings (SSSR count). The third-order valence-corrected chi connectivity index (χ3v) is 6.32. The molecule has 0 radical (unpaired) electrons. The van der Waals surface area contributed by atoms with E-state index in [1.807, 2.05) is 31.2 Å². The van der Waals surface area contributed by atoms with Gasteiger partial charge in [0, 0.05) is 37.2 Å². The molecule has 4 aromatic rings. The van der Waals surface area contributed by atoms with Crippen molar-refractivity contribution < 1.29 is 19.5 Å². The molecule has 0 fully saturated rings. The Morgan fingerprint density at radius 2 is 1.56 bits per heavy atom. The fourth-order valence-corrected chi connectivity index (χ4v) is 4.32. The molecule has 0 aliphatic carbocycles. The van der Waals surface area contributed by atoms with E-state index in [9.17, 15) is 19.2 Å². The molecule has 0 aliphatic heterocycles. The number of aromatic carboxylic acids is 1. The Hall–Kier alpha value is -4.52. The number of nitrogens with zero attached hydrogens (tertiary/aromatic N) is 2. The topological polar surface area (TPSA) is 91.9 Å². The number of aromatic nitrogens is 1. The van der Waals surface area contributed by atoms with Crippen LogP contribution in [0.25, 0.3) is 11.1 Å². The van der Waals surface area contributed by atoms with E-state index >= 15 is 0 Å². The monoisotopic (exact) mass is 484 g/mol. The van der Waals surface area contributed by atoms with Crippen LogP contribution >= 0.6 is 0 Å². The SMILES string of the molecule is Cc1cc(F)ccc1C(C/C(=N\O)c1ccc(=O)n(C)c1)c1ccc(-c2ccc(C(=O)O)cc2)cc1. The van der Waals surface area contributed by atoms with Crippen LogP contribution in [-0.4, -0.2) is 26.6 Å². The Labute approximate surface area is 207 Å². The third kappa shape index (κ3) is 5.25. The number of hydrogen-bond acceptors (Lipinski definition) is 4. The van der Waals surface area contributed by atoms with E-state index in [2.05, 4.69) is 5.16 Å². The molecule has 1 aromatic heterocycles. The van der Waals surface area contributed by atoms with Gasteiger partial charge in [-0.25, -0.2) is 9.18 Å². The van der Waals surface area contributed by atoms with Crippen LogP contribution < -0.4 is 5.56 Å². The summed E-state index contributed by atoms with van der Waals surface area (Å²) in [6, 6.07) is 22.1. The molecule has 36 heavy (non-hydrogen) atoms. The quantitative estimate of drug-likeness (QED) is 0.203. The van der Waals surface area contributed by atoms with Crippen molar-refractivity contribution in [2.24, 2.45) is 12.2 Å². The number of carbonyl (C=O) groups is 1. The minimum atomic E-state index is -0.978. The number of oxime groups is 1. The minimum Gasteiger partial charge on any atom is -0.478 e. The predicted octanol–water partition coefficient (Wildman–Crippen LogP) is 5.60. The van der Waals surface area contributed by atoms with Crippen LogP contribution in [0.3, 0.4) is 0 Å². The maximum atomic E-state index is 13.9. The first-order valence-electron chi connectivity index (χ1n) is 11.3. The second-order valence-electron chi connectivity index (χ2n) is 8.68. The largest absolute Gasteiger partial charge is 0.478 e. The first-order chi connectivity index (χ1) is 17.3. The number of rotatable bonds is 7. The van der Waals surface area contributed by atoms with Gasteiger partial charge in [-0.15, -0.1) is 0 Å². The minimum absolute atomic E-state index is 0.172. The highest BCUT2D eigenvalue weighted by molar-refractivity contribution is 6.00. The molecule has 0 spiro atoms. The average molecular weight is 485 g/mol. The molecule has 0 saturated carbocycles. The van der Waals surface area contributed by atoms with Gasteiger partial charge in [0.25, 0.3) is 0 Å². The zero-order valence-electron chi connectivity index (χ0n) is 19.9. The summed E-state index contributed by atoms with van der Waals surface area (Å²) < 4.78 is 15.3. The van der Waals surface area contributed by atoms with Crippen molar-refractivity contribution in [1.29, 1.82) is 0 Å². The normalized spacial score (nSPS) is 12.4. The summed E-state index contributed by atoms with van der Waals surface area (Å²) >= 11 is 0. The van der Waals surface area contributed by atoms with E-state index < -0.39 is 5.97 Å². The molecule has 0 saturated heterocycles. The maximum absolute atomic E-state index is 13.9. The Morgan fingerprint density at radius 3 is 2.11 bits per heavy atom. The smallest absolute Gasteiger partial charge is 0.335 e. The Morgan fingerprint density at radius 1 is 0.944 bits per heavy atom.